The first-order valence-corrected chi connectivity index (χ1v) is 4.65. The van der Waals surface area contributed by atoms with Crippen LogP contribution in [0.4, 0.5) is 0 Å². The van der Waals surface area contributed by atoms with Gasteiger partial charge in [-0.2, -0.15) is 5.26 Å². The first-order chi connectivity index (χ1) is 6.31. The second-order valence-electron chi connectivity index (χ2n) is 2.75. The Morgan fingerprint density at radius 1 is 1.46 bits per heavy atom. The molecule has 0 aliphatic carbocycles. The number of rotatable bonds is 7. The Kier molecular flexibility index (Phi) is 8.26. The van der Waals surface area contributed by atoms with E-state index in [4.69, 9.17) is 5.26 Å². The van der Waals surface area contributed by atoms with Crippen molar-refractivity contribution in [3.63, 3.8) is 0 Å². The average Bonchev–Trinajstić information content (AvgIpc) is 2.11. The molecule has 0 spiro atoms. The van der Waals surface area contributed by atoms with Gasteiger partial charge in [-0.25, -0.2) is 0 Å². The molecule has 0 rings (SSSR count). The number of carbonyl (C=O) groups is 1. The van der Waals surface area contributed by atoms with Crippen molar-refractivity contribution in [2.24, 2.45) is 0 Å². The number of hydrogen-bond donors (Lipinski definition) is 2. The van der Waals surface area contributed by atoms with Gasteiger partial charge >= 0.3 is 0 Å². The zero-order valence-electron chi connectivity index (χ0n) is 8.10. The lowest BCUT2D eigenvalue weighted by Gasteiger charge is -2.03. The topological polar surface area (TPSA) is 64.9 Å². The molecule has 0 bridgehead atoms. The normalized spacial score (nSPS) is 9.23. The minimum atomic E-state index is 0.0304. The molecule has 0 aromatic rings. The maximum atomic E-state index is 10.9. The molecule has 13 heavy (non-hydrogen) atoms. The first-order valence-electron chi connectivity index (χ1n) is 4.65. The maximum Gasteiger partial charge on any atom is 0.233 e. The molecule has 0 aliphatic rings. The number of carbonyl (C=O) groups excluding carboxylic acids is 1. The van der Waals surface area contributed by atoms with Crippen molar-refractivity contribution in [3.8, 4) is 6.07 Å². The quantitative estimate of drug-likeness (QED) is 0.562. The van der Waals surface area contributed by atoms with Gasteiger partial charge in [-0.1, -0.05) is 0 Å². The number of nitrogens with one attached hydrogen (secondary N) is 2. The van der Waals surface area contributed by atoms with Gasteiger partial charge in [0.2, 0.25) is 5.91 Å². The number of nitriles is 1. The van der Waals surface area contributed by atoms with Gasteiger partial charge in [0, 0.05) is 13.0 Å². The first kappa shape index (κ1) is 11.9. The number of unbranched alkanes of at least 4 members (excludes halogenated alkanes) is 2. The highest BCUT2D eigenvalue weighted by Gasteiger charge is 1.96. The van der Waals surface area contributed by atoms with E-state index in [1.807, 2.05) is 6.92 Å². The molecule has 4 heteroatoms. The predicted molar refractivity (Wildman–Crippen MR) is 51.0 cm³/mol. The summed E-state index contributed by atoms with van der Waals surface area (Å²) in [6.45, 7) is 3.75. The highest BCUT2D eigenvalue weighted by Crippen LogP contribution is 1.90. The zero-order valence-corrected chi connectivity index (χ0v) is 8.10. The summed E-state index contributed by atoms with van der Waals surface area (Å²) in [6, 6.07) is 2.08. The van der Waals surface area contributed by atoms with Crippen LogP contribution in [0.15, 0.2) is 0 Å². The monoisotopic (exact) mass is 183 g/mol. The lowest BCUT2D eigenvalue weighted by atomic mass is 10.2. The molecule has 0 saturated carbocycles. The van der Waals surface area contributed by atoms with Gasteiger partial charge in [-0.3, -0.25) is 4.79 Å². The number of likely N-dealkylation sites (N-methyl/N-ethyl adjacent to an activating group) is 1. The minimum absolute atomic E-state index is 0.0304. The Bertz CT molecular complexity index is 174. The second kappa shape index (κ2) is 9.01. The molecule has 0 aliphatic heterocycles. The molecule has 0 aromatic heterocycles. The van der Waals surface area contributed by atoms with Crippen LogP contribution in [-0.2, 0) is 4.79 Å². The van der Waals surface area contributed by atoms with Crippen molar-refractivity contribution >= 4 is 5.91 Å². The summed E-state index contributed by atoms with van der Waals surface area (Å²) in [5.74, 6) is 0.0304. The van der Waals surface area contributed by atoms with Gasteiger partial charge in [0.1, 0.15) is 0 Å². The lowest BCUT2D eigenvalue weighted by molar-refractivity contribution is -0.120. The fourth-order valence-electron chi connectivity index (χ4n) is 0.916. The fourth-order valence-corrected chi connectivity index (χ4v) is 0.916. The molecule has 0 unspecified atom stereocenters. The standard InChI is InChI=1S/C9H17N3O/c1-2-12-9(13)8-11-7-5-3-4-6-10/h11H,2-5,7-8H2,1H3,(H,12,13). The maximum absolute atomic E-state index is 10.9. The van der Waals surface area contributed by atoms with Crippen LogP contribution in [0.2, 0.25) is 0 Å². The Hall–Kier alpha value is -1.08. The largest absolute Gasteiger partial charge is 0.355 e. The van der Waals surface area contributed by atoms with Gasteiger partial charge in [0.25, 0.3) is 0 Å². The molecule has 4 nitrogen and oxygen atoms in total. The third-order valence-electron chi connectivity index (χ3n) is 1.55. The minimum Gasteiger partial charge on any atom is -0.355 e. The lowest BCUT2D eigenvalue weighted by Crippen LogP contribution is -2.33. The van der Waals surface area contributed by atoms with Gasteiger partial charge in [-0.15, -0.1) is 0 Å². The van der Waals surface area contributed by atoms with Crippen LogP contribution in [0.3, 0.4) is 0 Å². The van der Waals surface area contributed by atoms with Crippen LogP contribution in [0.5, 0.6) is 0 Å². The molecular weight excluding hydrogens is 166 g/mol. The number of amides is 1. The van der Waals surface area contributed by atoms with E-state index in [-0.39, 0.29) is 5.91 Å². The van der Waals surface area contributed by atoms with Crippen LogP contribution in [-0.4, -0.2) is 25.5 Å². The molecular formula is C9H17N3O. The highest BCUT2D eigenvalue weighted by molar-refractivity contribution is 5.77. The molecule has 0 aromatic carbocycles. The second-order valence-corrected chi connectivity index (χ2v) is 2.75. The highest BCUT2D eigenvalue weighted by atomic mass is 16.1. The summed E-state index contributed by atoms with van der Waals surface area (Å²) in [4.78, 5) is 10.9. The molecule has 0 heterocycles. The van der Waals surface area contributed by atoms with Crippen molar-refractivity contribution in [2.75, 3.05) is 19.6 Å². The summed E-state index contributed by atoms with van der Waals surface area (Å²) >= 11 is 0. The van der Waals surface area contributed by atoms with Crippen molar-refractivity contribution in [1.82, 2.24) is 10.6 Å². The third-order valence-corrected chi connectivity index (χ3v) is 1.55. The van der Waals surface area contributed by atoms with Crippen LogP contribution < -0.4 is 10.6 Å². The van der Waals surface area contributed by atoms with Gasteiger partial charge in [0.05, 0.1) is 12.6 Å². The van der Waals surface area contributed by atoms with Crippen molar-refractivity contribution < 1.29 is 4.79 Å². The van der Waals surface area contributed by atoms with E-state index in [1.165, 1.54) is 0 Å². The Labute approximate surface area is 79.3 Å². The number of hydrogen-bond acceptors (Lipinski definition) is 3. The van der Waals surface area contributed by atoms with Crippen LogP contribution in [0.25, 0.3) is 0 Å². The van der Waals surface area contributed by atoms with Crippen LogP contribution in [0.1, 0.15) is 26.2 Å². The summed E-state index contributed by atoms with van der Waals surface area (Å²) in [7, 11) is 0. The SMILES string of the molecule is CCNC(=O)CNCCCCC#N. The molecule has 0 fully saturated rings. The van der Waals surface area contributed by atoms with Gasteiger partial charge in [-0.05, 0) is 26.3 Å². The molecule has 1 amide bonds. The molecule has 0 atom stereocenters. The number of nitrogens with zero attached hydrogens (tertiary/aromatic N) is 1. The van der Waals surface area contributed by atoms with Crippen molar-refractivity contribution in [2.45, 2.75) is 26.2 Å². The molecule has 0 radical (unpaired) electrons. The fraction of sp³-hybridized carbons (Fsp3) is 0.778. The molecule has 74 valence electrons. The van der Waals surface area contributed by atoms with E-state index in [0.29, 0.717) is 19.5 Å². The predicted octanol–water partition coefficient (Wildman–Crippen LogP) is 0.406. The zero-order chi connectivity index (χ0) is 9.94. The van der Waals surface area contributed by atoms with Crippen molar-refractivity contribution in [1.29, 1.82) is 5.26 Å². The van der Waals surface area contributed by atoms with Crippen LogP contribution >= 0.6 is 0 Å². The van der Waals surface area contributed by atoms with Gasteiger partial charge < -0.3 is 10.6 Å². The van der Waals surface area contributed by atoms with E-state index in [2.05, 4.69) is 16.7 Å². The van der Waals surface area contributed by atoms with Crippen molar-refractivity contribution in [3.05, 3.63) is 0 Å². The summed E-state index contributed by atoms with van der Waals surface area (Å²) < 4.78 is 0. The van der Waals surface area contributed by atoms with E-state index < -0.39 is 0 Å². The Morgan fingerprint density at radius 3 is 2.85 bits per heavy atom. The Morgan fingerprint density at radius 2 is 2.23 bits per heavy atom. The van der Waals surface area contributed by atoms with E-state index in [0.717, 1.165) is 19.4 Å². The average molecular weight is 183 g/mol. The van der Waals surface area contributed by atoms with E-state index in [9.17, 15) is 4.79 Å². The van der Waals surface area contributed by atoms with Gasteiger partial charge in [0.15, 0.2) is 0 Å². The summed E-state index contributed by atoms with van der Waals surface area (Å²) in [5, 5.41) is 13.9. The third kappa shape index (κ3) is 8.83. The molecule has 0 saturated heterocycles. The molecule has 2 N–H and O–H groups in total. The van der Waals surface area contributed by atoms with E-state index in [1.54, 1.807) is 0 Å². The smallest absolute Gasteiger partial charge is 0.233 e. The van der Waals surface area contributed by atoms with E-state index >= 15 is 0 Å². The Balaban J connectivity index is 3.07. The van der Waals surface area contributed by atoms with Crippen LogP contribution in [0, 0.1) is 11.3 Å². The summed E-state index contributed by atoms with van der Waals surface area (Å²) in [6.07, 6.45) is 2.45. The summed E-state index contributed by atoms with van der Waals surface area (Å²) in [5.41, 5.74) is 0.